The number of nitrogens with zero attached hydrogens (tertiary/aromatic N) is 1. The second kappa shape index (κ2) is 6.29. The van der Waals surface area contributed by atoms with Crippen molar-refractivity contribution >= 4 is 12.0 Å². The monoisotopic (exact) mass is 252 g/mol. The summed E-state index contributed by atoms with van der Waals surface area (Å²) in [5.41, 5.74) is -0.801. The van der Waals surface area contributed by atoms with Gasteiger partial charge in [0.2, 0.25) is 0 Å². The van der Waals surface area contributed by atoms with Gasteiger partial charge in [-0.2, -0.15) is 0 Å². The number of amides is 2. The van der Waals surface area contributed by atoms with Crippen molar-refractivity contribution in [3.05, 3.63) is 0 Å². The molecule has 0 atom stereocenters. The summed E-state index contributed by atoms with van der Waals surface area (Å²) in [5, 5.41) is 12.0. The molecule has 1 fully saturated rings. The zero-order valence-corrected chi connectivity index (χ0v) is 10.7. The molecule has 1 aliphatic rings. The summed E-state index contributed by atoms with van der Waals surface area (Å²) < 4.78 is 0. The van der Waals surface area contributed by atoms with Crippen LogP contribution in [0.1, 0.15) is 32.1 Å². The maximum absolute atomic E-state index is 11.7. The molecule has 0 aromatic carbocycles. The largest absolute Gasteiger partial charge is 0.481 e. The first-order chi connectivity index (χ1) is 8.52. The van der Waals surface area contributed by atoms with Crippen molar-refractivity contribution in [2.24, 2.45) is 5.41 Å². The molecule has 100 valence electrons. The minimum Gasteiger partial charge on any atom is -0.481 e. The van der Waals surface area contributed by atoms with E-state index in [1.165, 1.54) is 4.90 Å². The summed E-state index contributed by atoms with van der Waals surface area (Å²) in [6.07, 6.45) is 9.25. The Morgan fingerprint density at radius 1 is 1.39 bits per heavy atom. The van der Waals surface area contributed by atoms with Crippen LogP contribution in [0.25, 0.3) is 0 Å². The summed E-state index contributed by atoms with van der Waals surface area (Å²) in [6, 6.07) is -0.320. The minimum absolute atomic E-state index is 0.177. The van der Waals surface area contributed by atoms with Gasteiger partial charge in [0.05, 0.1) is 12.0 Å². The van der Waals surface area contributed by atoms with Crippen molar-refractivity contribution in [3.8, 4) is 12.3 Å². The molecule has 5 nitrogen and oxygen atoms in total. The molecule has 2 amide bonds. The molecule has 0 spiro atoms. The summed E-state index contributed by atoms with van der Waals surface area (Å²) in [4.78, 5) is 24.4. The van der Waals surface area contributed by atoms with Gasteiger partial charge < -0.3 is 15.3 Å². The SMILES string of the molecule is C#CCN(C)C(=O)NCC1(C(=O)O)CCCCC1. The predicted octanol–water partition coefficient (Wildman–Crippen LogP) is 1.30. The van der Waals surface area contributed by atoms with E-state index in [0.717, 1.165) is 19.3 Å². The zero-order chi connectivity index (χ0) is 13.6. The maximum Gasteiger partial charge on any atom is 0.317 e. The number of urea groups is 1. The van der Waals surface area contributed by atoms with Crippen LogP contribution in [0.3, 0.4) is 0 Å². The molecule has 5 heteroatoms. The molecule has 0 aromatic heterocycles. The maximum atomic E-state index is 11.7. The third-order valence-corrected chi connectivity index (χ3v) is 3.52. The van der Waals surface area contributed by atoms with Crippen molar-refractivity contribution in [2.75, 3.05) is 20.1 Å². The van der Waals surface area contributed by atoms with Crippen molar-refractivity contribution in [1.29, 1.82) is 0 Å². The molecule has 0 aromatic rings. The van der Waals surface area contributed by atoms with Crippen LogP contribution in [-0.2, 0) is 4.79 Å². The third-order valence-electron chi connectivity index (χ3n) is 3.52. The first-order valence-corrected chi connectivity index (χ1v) is 6.18. The first-order valence-electron chi connectivity index (χ1n) is 6.18. The fraction of sp³-hybridized carbons (Fsp3) is 0.692. The van der Waals surface area contributed by atoms with Crippen LogP contribution in [-0.4, -0.2) is 42.1 Å². The summed E-state index contributed by atoms with van der Waals surface area (Å²) >= 11 is 0. The molecule has 0 bridgehead atoms. The summed E-state index contributed by atoms with van der Waals surface area (Å²) in [5.74, 6) is 1.55. The predicted molar refractivity (Wildman–Crippen MR) is 68.0 cm³/mol. The lowest BCUT2D eigenvalue weighted by atomic mass is 9.74. The molecule has 0 heterocycles. The summed E-state index contributed by atoms with van der Waals surface area (Å²) in [6.45, 7) is 0.391. The lowest BCUT2D eigenvalue weighted by Gasteiger charge is -2.33. The highest BCUT2D eigenvalue weighted by atomic mass is 16.4. The molecule has 18 heavy (non-hydrogen) atoms. The van der Waals surface area contributed by atoms with Crippen molar-refractivity contribution < 1.29 is 14.7 Å². The Labute approximate surface area is 108 Å². The van der Waals surface area contributed by atoms with Crippen molar-refractivity contribution in [2.45, 2.75) is 32.1 Å². The number of carbonyl (C=O) groups is 2. The van der Waals surface area contributed by atoms with Gasteiger partial charge in [-0.1, -0.05) is 25.2 Å². The van der Waals surface area contributed by atoms with Crippen LogP contribution in [0, 0.1) is 17.8 Å². The van der Waals surface area contributed by atoms with Crippen LogP contribution >= 0.6 is 0 Å². The van der Waals surface area contributed by atoms with Crippen molar-refractivity contribution in [3.63, 3.8) is 0 Å². The molecule has 1 rings (SSSR count). The highest BCUT2D eigenvalue weighted by Crippen LogP contribution is 2.35. The van der Waals surface area contributed by atoms with Crippen molar-refractivity contribution in [1.82, 2.24) is 10.2 Å². The van der Waals surface area contributed by atoms with E-state index in [1.54, 1.807) is 7.05 Å². The molecular weight excluding hydrogens is 232 g/mol. The smallest absolute Gasteiger partial charge is 0.317 e. The van der Waals surface area contributed by atoms with Crippen LogP contribution in [0.4, 0.5) is 4.79 Å². The lowest BCUT2D eigenvalue weighted by Crippen LogP contribution is -2.47. The standard InChI is InChI=1S/C13H20N2O3/c1-3-9-15(2)12(18)14-10-13(11(16)17)7-5-4-6-8-13/h1H,4-10H2,2H3,(H,14,18)(H,16,17). The molecule has 1 saturated carbocycles. The second-order valence-corrected chi connectivity index (χ2v) is 4.87. The van der Waals surface area contributed by atoms with Gasteiger partial charge in [-0.05, 0) is 12.8 Å². The number of hydrogen-bond acceptors (Lipinski definition) is 2. The average Bonchev–Trinajstić information content (AvgIpc) is 2.37. The number of hydrogen-bond donors (Lipinski definition) is 2. The molecule has 0 aliphatic heterocycles. The van der Waals surface area contributed by atoms with Gasteiger partial charge in [0.25, 0.3) is 0 Å². The fourth-order valence-corrected chi connectivity index (χ4v) is 2.28. The quantitative estimate of drug-likeness (QED) is 0.741. The molecule has 0 unspecified atom stereocenters. The van der Waals surface area contributed by atoms with E-state index in [9.17, 15) is 14.7 Å². The Balaban J connectivity index is 2.55. The number of carboxylic acid groups (broad SMARTS) is 1. The lowest BCUT2D eigenvalue weighted by molar-refractivity contribution is -0.150. The first kappa shape index (κ1) is 14.4. The Morgan fingerprint density at radius 3 is 2.50 bits per heavy atom. The number of terminal acetylenes is 1. The number of carbonyl (C=O) groups excluding carboxylic acids is 1. The average molecular weight is 252 g/mol. The van der Waals surface area contributed by atoms with E-state index in [1.807, 2.05) is 0 Å². The van der Waals surface area contributed by atoms with Gasteiger partial charge in [-0.15, -0.1) is 6.42 Å². The Hall–Kier alpha value is -1.70. The van der Waals surface area contributed by atoms with Crippen LogP contribution < -0.4 is 5.32 Å². The van der Waals surface area contributed by atoms with Gasteiger partial charge >= 0.3 is 12.0 Å². The van der Waals surface area contributed by atoms with E-state index >= 15 is 0 Å². The highest BCUT2D eigenvalue weighted by Gasteiger charge is 2.39. The third kappa shape index (κ3) is 3.39. The Bertz CT molecular complexity index is 354. The molecule has 0 radical (unpaired) electrons. The van der Waals surface area contributed by atoms with Crippen LogP contribution in [0.5, 0.6) is 0 Å². The molecular formula is C13H20N2O3. The number of nitrogens with one attached hydrogen (secondary N) is 1. The van der Waals surface area contributed by atoms with E-state index in [0.29, 0.717) is 12.8 Å². The Kier molecular flexibility index (Phi) is 5.02. The van der Waals surface area contributed by atoms with Crippen LogP contribution in [0.2, 0.25) is 0 Å². The molecule has 1 aliphatic carbocycles. The summed E-state index contributed by atoms with van der Waals surface area (Å²) in [7, 11) is 1.59. The van der Waals surface area contributed by atoms with Gasteiger partial charge in [0.1, 0.15) is 0 Å². The second-order valence-electron chi connectivity index (χ2n) is 4.87. The molecule has 0 saturated heterocycles. The fourth-order valence-electron chi connectivity index (χ4n) is 2.28. The Morgan fingerprint density at radius 2 is 2.00 bits per heavy atom. The minimum atomic E-state index is -0.817. The highest BCUT2D eigenvalue weighted by molar-refractivity contribution is 5.78. The zero-order valence-electron chi connectivity index (χ0n) is 10.7. The number of carboxylic acids is 1. The van der Waals surface area contributed by atoms with Crippen LogP contribution in [0.15, 0.2) is 0 Å². The van der Waals surface area contributed by atoms with Gasteiger partial charge in [-0.3, -0.25) is 4.79 Å². The topological polar surface area (TPSA) is 69.6 Å². The van der Waals surface area contributed by atoms with Gasteiger partial charge in [0.15, 0.2) is 0 Å². The van der Waals surface area contributed by atoms with E-state index < -0.39 is 11.4 Å². The van der Waals surface area contributed by atoms with Gasteiger partial charge in [0, 0.05) is 13.6 Å². The normalized spacial score (nSPS) is 17.6. The molecule has 2 N–H and O–H groups in total. The van der Waals surface area contributed by atoms with E-state index in [4.69, 9.17) is 6.42 Å². The van der Waals surface area contributed by atoms with Gasteiger partial charge in [-0.25, -0.2) is 4.79 Å². The number of aliphatic carboxylic acids is 1. The number of rotatable bonds is 4. The van der Waals surface area contributed by atoms with E-state index in [-0.39, 0.29) is 19.1 Å². The van der Waals surface area contributed by atoms with E-state index in [2.05, 4.69) is 11.2 Å².